The number of rotatable bonds is 4. The summed E-state index contributed by atoms with van der Waals surface area (Å²) in [5.74, 6) is -1.85. The maximum atomic E-state index is 10.6. The van der Waals surface area contributed by atoms with Gasteiger partial charge in [-0.25, -0.2) is 0 Å². The van der Waals surface area contributed by atoms with Gasteiger partial charge in [0.1, 0.15) is 0 Å². The number of halogens is 1. The molecule has 0 N–H and O–H groups in total. The molecule has 4 nitrogen and oxygen atoms in total. The van der Waals surface area contributed by atoms with E-state index in [0.29, 0.717) is 0 Å². The van der Waals surface area contributed by atoms with Gasteiger partial charge in [0.25, 0.3) is 0 Å². The monoisotopic (exact) mass is 223 g/mol. The molecular formula is C6H8BrO4-. The molecule has 0 aromatic rings. The van der Waals surface area contributed by atoms with Gasteiger partial charge >= 0.3 is 5.97 Å². The van der Waals surface area contributed by atoms with Gasteiger partial charge in [-0.15, -0.1) is 0 Å². The van der Waals surface area contributed by atoms with Crippen molar-refractivity contribution in [3.8, 4) is 0 Å². The lowest BCUT2D eigenvalue weighted by atomic mass is 10.3. The second-order valence-corrected chi connectivity index (χ2v) is 2.90. The minimum Gasteiger partial charge on any atom is -0.549 e. The van der Waals surface area contributed by atoms with Gasteiger partial charge in [-0.2, -0.15) is 0 Å². The van der Waals surface area contributed by atoms with Gasteiger partial charge in [-0.1, -0.05) is 15.9 Å². The van der Waals surface area contributed by atoms with Crippen LogP contribution in [0.5, 0.6) is 0 Å². The maximum absolute atomic E-state index is 10.6. The Hall–Kier alpha value is -0.580. The van der Waals surface area contributed by atoms with Crippen molar-refractivity contribution < 1.29 is 19.4 Å². The van der Waals surface area contributed by atoms with Crippen molar-refractivity contribution in [2.75, 3.05) is 6.61 Å². The molecule has 1 unspecified atom stereocenters. The maximum Gasteiger partial charge on any atom is 0.307 e. The third-order valence-electron chi connectivity index (χ3n) is 0.907. The zero-order valence-electron chi connectivity index (χ0n) is 6.00. The number of alkyl halides is 1. The van der Waals surface area contributed by atoms with Crippen LogP contribution in [0.1, 0.15) is 13.3 Å². The van der Waals surface area contributed by atoms with Crippen molar-refractivity contribution in [3.05, 3.63) is 0 Å². The molecule has 0 aliphatic rings. The third-order valence-corrected chi connectivity index (χ3v) is 1.60. The van der Waals surface area contributed by atoms with Crippen LogP contribution in [0.25, 0.3) is 0 Å². The summed E-state index contributed by atoms with van der Waals surface area (Å²) in [5.41, 5.74) is 0. The number of carboxylic acids is 1. The van der Waals surface area contributed by atoms with Gasteiger partial charge in [-0.05, 0) is 6.92 Å². The molecule has 0 radical (unpaired) electrons. The smallest absolute Gasteiger partial charge is 0.307 e. The van der Waals surface area contributed by atoms with Crippen LogP contribution in [0.15, 0.2) is 0 Å². The molecule has 0 aromatic heterocycles. The Labute approximate surface area is 72.7 Å². The predicted molar refractivity (Wildman–Crippen MR) is 39.0 cm³/mol. The summed E-state index contributed by atoms with van der Waals surface area (Å²) in [4.78, 5) is 19.7. The quantitative estimate of drug-likeness (QED) is 0.474. The van der Waals surface area contributed by atoms with Crippen molar-refractivity contribution in [2.45, 2.75) is 18.2 Å². The highest BCUT2D eigenvalue weighted by molar-refractivity contribution is 9.10. The Morgan fingerprint density at radius 1 is 1.64 bits per heavy atom. The van der Waals surface area contributed by atoms with E-state index in [4.69, 9.17) is 0 Å². The van der Waals surface area contributed by atoms with Crippen LogP contribution in [0.2, 0.25) is 0 Å². The number of carboxylic acid groups (broad SMARTS) is 1. The predicted octanol–water partition coefficient (Wildman–Crippen LogP) is -0.547. The SMILES string of the molecule is CCOC(=O)CC(Br)C(=O)[O-]. The fourth-order valence-electron chi connectivity index (χ4n) is 0.450. The van der Waals surface area contributed by atoms with Crippen LogP contribution in [0.3, 0.4) is 0 Å². The van der Waals surface area contributed by atoms with E-state index in [1.54, 1.807) is 6.92 Å². The Bertz CT molecular complexity index is 157. The molecule has 64 valence electrons. The number of aliphatic carboxylic acids is 1. The lowest BCUT2D eigenvalue weighted by Crippen LogP contribution is -2.33. The molecule has 0 heterocycles. The topological polar surface area (TPSA) is 66.4 Å². The Morgan fingerprint density at radius 3 is 2.55 bits per heavy atom. The van der Waals surface area contributed by atoms with Gasteiger partial charge in [-0.3, -0.25) is 4.79 Å². The molecule has 0 saturated heterocycles. The number of esters is 1. The summed E-state index contributed by atoms with van der Waals surface area (Å²) in [6.07, 6.45) is -0.198. The molecule has 5 heteroatoms. The van der Waals surface area contributed by atoms with Crippen molar-refractivity contribution in [1.82, 2.24) is 0 Å². The van der Waals surface area contributed by atoms with Crippen molar-refractivity contribution >= 4 is 27.9 Å². The van der Waals surface area contributed by atoms with Gasteiger partial charge in [0.2, 0.25) is 0 Å². The third kappa shape index (κ3) is 4.78. The van der Waals surface area contributed by atoms with E-state index in [2.05, 4.69) is 20.7 Å². The molecule has 1 atom stereocenters. The van der Waals surface area contributed by atoms with E-state index in [9.17, 15) is 14.7 Å². The summed E-state index contributed by atoms with van der Waals surface area (Å²) in [6, 6.07) is 0. The summed E-state index contributed by atoms with van der Waals surface area (Å²) >= 11 is 2.75. The zero-order chi connectivity index (χ0) is 8.85. The van der Waals surface area contributed by atoms with Gasteiger partial charge in [0, 0.05) is 0 Å². The minimum atomic E-state index is -1.31. The highest BCUT2D eigenvalue weighted by atomic mass is 79.9. The van der Waals surface area contributed by atoms with Crippen LogP contribution < -0.4 is 5.11 Å². The minimum absolute atomic E-state index is 0.198. The van der Waals surface area contributed by atoms with Crippen molar-refractivity contribution in [2.24, 2.45) is 0 Å². The van der Waals surface area contributed by atoms with Crippen LogP contribution in [-0.2, 0) is 14.3 Å². The molecular weight excluding hydrogens is 216 g/mol. The molecule has 0 aliphatic heterocycles. The summed E-state index contributed by atoms with van der Waals surface area (Å²) in [5, 5.41) is 10.1. The number of ether oxygens (including phenoxy) is 1. The average Bonchev–Trinajstić information content (AvgIpc) is 1.87. The van der Waals surface area contributed by atoms with E-state index < -0.39 is 16.8 Å². The van der Waals surface area contributed by atoms with Gasteiger partial charge in [0.05, 0.1) is 23.8 Å². The van der Waals surface area contributed by atoms with Crippen LogP contribution in [-0.4, -0.2) is 23.4 Å². The van der Waals surface area contributed by atoms with E-state index in [1.807, 2.05) is 0 Å². The highest BCUT2D eigenvalue weighted by Gasteiger charge is 2.11. The lowest BCUT2D eigenvalue weighted by molar-refractivity contribution is -0.304. The number of carbonyl (C=O) groups is 2. The summed E-state index contributed by atoms with van der Waals surface area (Å²) < 4.78 is 4.50. The molecule has 0 saturated carbocycles. The molecule has 0 aliphatic carbocycles. The lowest BCUT2D eigenvalue weighted by Gasteiger charge is -2.08. The molecule has 11 heavy (non-hydrogen) atoms. The van der Waals surface area contributed by atoms with Crippen molar-refractivity contribution in [3.63, 3.8) is 0 Å². The first-order valence-electron chi connectivity index (χ1n) is 3.08. The van der Waals surface area contributed by atoms with Gasteiger partial charge in [0.15, 0.2) is 0 Å². The van der Waals surface area contributed by atoms with E-state index in [-0.39, 0.29) is 13.0 Å². The first-order valence-corrected chi connectivity index (χ1v) is 4.00. The Balaban J connectivity index is 3.66. The Kier molecular flexibility index (Phi) is 4.85. The Morgan fingerprint density at radius 2 is 2.18 bits per heavy atom. The second kappa shape index (κ2) is 5.12. The second-order valence-electron chi connectivity index (χ2n) is 1.80. The first-order chi connectivity index (χ1) is 5.07. The molecule has 0 rings (SSSR count). The van der Waals surface area contributed by atoms with E-state index >= 15 is 0 Å². The fraction of sp³-hybridized carbons (Fsp3) is 0.667. The highest BCUT2D eigenvalue weighted by Crippen LogP contribution is 2.04. The standard InChI is InChI=1S/C6H9BrO4/c1-2-11-5(8)3-4(7)6(9)10/h4H,2-3H2,1H3,(H,9,10)/p-1. The molecule has 0 aromatic carbocycles. The van der Waals surface area contributed by atoms with Crippen LogP contribution in [0.4, 0.5) is 0 Å². The molecule has 0 amide bonds. The molecule has 0 spiro atoms. The average molecular weight is 224 g/mol. The summed E-state index contributed by atoms with van der Waals surface area (Å²) in [7, 11) is 0. The van der Waals surface area contributed by atoms with E-state index in [1.165, 1.54) is 0 Å². The first kappa shape index (κ1) is 10.4. The van der Waals surface area contributed by atoms with Crippen molar-refractivity contribution in [1.29, 1.82) is 0 Å². The number of hydrogen-bond donors (Lipinski definition) is 0. The largest absolute Gasteiger partial charge is 0.549 e. The number of carbonyl (C=O) groups excluding carboxylic acids is 2. The normalized spacial score (nSPS) is 12.2. The zero-order valence-corrected chi connectivity index (χ0v) is 7.59. The van der Waals surface area contributed by atoms with Crippen LogP contribution in [0, 0.1) is 0 Å². The van der Waals surface area contributed by atoms with Gasteiger partial charge < -0.3 is 14.6 Å². The molecule has 0 fully saturated rings. The van der Waals surface area contributed by atoms with E-state index in [0.717, 1.165) is 0 Å². The van der Waals surface area contributed by atoms with Crippen LogP contribution >= 0.6 is 15.9 Å². The summed E-state index contributed by atoms with van der Waals surface area (Å²) in [6.45, 7) is 1.91. The fourth-order valence-corrected chi connectivity index (χ4v) is 0.714. The molecule has 0 bridgehead atoms. The number of hydrogen-bond acceptors (Lipinski definition) is 4.